The van der Waals surface area contributed by atoms with Gasteiger partial charge < -0.3 is 5.11 Å². The molecule has 31 heavy (non-hydrogen) atoms. The third-order valence-corrected chi connectivity index (χ3v) is 5.30. The average molecular weight is 429 g/mol. The Hall–Kier alpha value is -3.63. The van der Waals surface area contributed by atoms with Crippen LogP contribution in [0.15, 0.2) is 89.5 Å². The summed E-state index contributed by atoms with van der Waals surface area (Å²) in [4.78, 5) is 13.4. The van der Waals surface area contributed by atoms with Gasteiger partial charge in [0.05, 0.1) is 17.0 Å². The maximum absolute atomic E-state index is 13.4. The van der Waals surface area contributed by atoms with Crippen LogP contribution in [0.3, 0.4) is 0 Å². The van der Waals surface area contributed by atoms with Crippen LogP contribution in [0, 0.1) is 6.92 Å². The van der Waals surface area contributed by atoms with Crippen molar-refractivity contribution in [3.05, 3.63) is 106 Å². The fourth-order valence-corrected chi connectivity index (χ4v) is 3.63. The van der Waals surface area contributed by atoms with E-state index in [4.69, 9.17) is 11.6 Å². The quantitative estimate of drug-likeness (QED) is 0.500. The van der Waals surface area contributed by atoms with Crippen molar-refractivity contribution in [1.82, 2.24) is 0 Å². The minimum atomic E-state index is -0.195. The van der Waals surface area contributed by atoms with Gasteiger partial charge in [0, 0.05) is 10.6 Å². The van der Waals surface area contributed by atoms with E-state index in [1.54, 1.807) is 24.3 Å². The SMILES string of the molecule is CC1=NN(c2ccccc2)C(=O)/C1=C(/C=C/c1cc(Cl)ccc1O)c1ccc(C)cc1. The largest absolute Gasteiger partial charge is 0.507 e. The number of allylic oxidation sites excluding steroid dienone is 2. The highest BCUT2D eigenvalue weighted by Gasteiger charge is 2.31. The number of hydrogen-bond acceptors (Lipinski definition) is 3. The van der Waals surface area contributed by atoms with Crippen molar-refractivity contribution in [2.45, 2.75) is 13.8 Å². The van der Waals surface area contributed by atoms with Crippen molar-refractivity contribution in [3.63, 3.8) is 0 Å². The smallest absolute Gasteiger partial charge is 0.281 e. The highest BCUT2D eigenvalue weighted by molar-refractivity contribution is 6.34. The molecule has 0 bridgehead atoms. The van der Waals surface area contributed by atoms with Crippen molar-refractivity contribution >= 4 is 40.6 Å². The van der Waals surface area contributed by atoms with Crippen LogP contribution in [0.2, 0.25) is 5.02 Å². The van der Waals surface area contributed by atoms with Crippen molar-refractivity contribution < 1.29 is 9.90 Å². The number of halogens is 1. The predicted octanol–water partition coefficient (Wildman–Crippen LogP) is 6.24. The lowest BCUT2D eigenvalue weighted by Crippen LogP contribution is -2.21. The number of aryl methyl sites for hydroxylation is 1. The van der Waals surface area contributed by atoms with Crippen LogP contribution in [0.5, 0.6) is 5.75 Å². The highest BCUT2D eigenvalue weighted by Crippen LogP contribution is 2.31. The number of hydrogen-bond donors (Lipinski definition) is 1. The molecule has 0 fully saturated rings. The maximum Gasteiger partial charge on any atom is 0.281 e. The van der Waals surface area contributed by atoms with Crippen LogP contribution in [-0.4, -0.2) is 16.7 Å². The molecular formula is C26H21ClN2O2. The molecule has 1 aliphatic heterocycles. The van der Waals surface area contributed by atoms with E-state index in [0.29, 0.717) is 27.6 Å². The first kappa shape index (κ1) is 20.6. The summed E-state index contributed by atoms with van der Waals surface area (Å²) in [6, 6.07) is 22.2. The molecule has 0 saturated heterocycles. The van der Waals surface area contributed by atoms with E-state index < -0.39 is 0 Å². The zero-order valence-corrected chi connectivity index (χ0v) is 18.0. The Morgan fingerprint density at radius 2 is 1.71 bits per heavy atom. The number of amides is 1. The number of aromatic hydroxyl groups is 1. The Labute approximate surface area is 186 Å². The van der Waals surface area contributed by atoms with Crippen LogP contribution >= 0.6 is 11.6 Å². The number of anilines is 1. The number of carbonyl (C=O) groups excluding carboxylic acids is 1. The fraction of sp³-hybridized carbons (Fsp3) is 0.0769. The normalized spacial score (nSPS) is 15.5. The van der Waals surface area contributed by atoms with E-state index in [9.17, 15) is 9.90 Å². The molecule has 0 saturated carbocycles. The topological polar surface area (TPSA) is 52.9 Å². The summed E-state index contributed by atoms with van der Waals surface area (Å²) in [5.41, 5.74) is 5.16. The summed E-state index contributed by atoms with van der Waals surface area (Å²) in [6.45, 7) is 3.84. The number of nitrogens with zero attached hydrogens (tertiary/aromatic N) is 2. The predicted molar refractivity (Wildman–Crippen MR) is 127 cm³/mol. The summed E-state index contributed by atoms with van der Waals surface area (Å²) < 4.78 is 0. The second kappa shape index (κ2) is 8.62. The lowest BCUT2D eigenvalue weighted by atomic mass is 9.95. The van der Waals surface area contributed by atoms with Gasteiger partial charge in [-0.05, 0) is 55.3 Å². The van der Waals surface area contributed by atoms with Crippen molar-refractivity contribution in [2.75, 3.05) is 5.01 Å². The Morgan fingerprint density at radius 1 is 1.00 bits per heavy atom. The molecule has 0 aromatic heterocycles. The molecule has 1 heterocycles. The van der Waals surface area contributed by atoms with E-state index in [1.165, 1.54) is 5.01 Å². The number of rotatable bonds is 4. The number of phenolic OH excluding ortho intramolecular Hbond substituents is 1. The van der Waals surface area contributed by atoms with Gasteiger partial charge in [-0.1, -0.05) is 71.8 Å². The van der Waals surface area contributed by atoms with Gasteiger partial charge in [-0.2, -0.15) is 10.1 Å². The molecule has 154 valence electrons. The Kier molecular flexibility index (Phi) is 5.74. The van der Waals surface area contributed by atoms with Crippen LogP contribution < -0.4 is 5.01 Å². The van der Waals surface area contributed by atoms with E-state index in [0.717, 1.165) is 16.7 Å². The number of phenols is 1. The third kappa shape index (κ3) is 4.30. The minimum absolute atomic E-state index is 0.114. The zero-order chi connectivity index (χ0) is 22.0. The molecule has 5 heteroatoms. The molecule has 0 aliphatic carbocycles. The second-order valence-corrected chi connectivity index (χ2v) is 7.77. The Balaban J connectivity index is 1.84. The summed E-state index contributed by atoms with van der Waals surface area (Å²) in [5.74, 6) is -0.0813. The van der Waals surface area contributed by atoms with E-state index >= 15 is 0 Å². The van der Waals surface area contributed by atoms with Crippen molar-refractivity contribution in [1.29, 1.82) is 0 Å². The van der Waals surface area contributed by atoms with Gasteiger partial charge in [-0.3, -0.25) is 4.79 Å². The summed E-state index contributed by atoms with van der Waals surface area (Å²) >= 11 is 6.09. The summed E-state index contributed by atoms with van der Waals surface area (Å²) in [5, 5.41) is 16.6. The lowest BCUT2D eigenvalue weighted by Gasteiger charge is -2.13. The summed E-state index contributed by atoms with van der Waals surface area (Å²) in [6.07, 6.45) is 3.59. The molecule has 0 atom stereocenters. The molecule has 3 aromatic rings. The van der Waals surface area contributed by atoms with Gasteiger partial charge in [0.25, 0.3) is 5.91 Å². The van der Waals surface area contributed by atoms with Crippen LogP contribution in [0.25, 0.3) is 11.6 Å². The van der Waals surface area contributed by atoms with Gasteiger partial charge in [0.2, 0.25) is 0 Å². The van der Waals surface area contributed by atoms with Gasteiger partial charge in [0.1, 0.15) is 5.75 Å². The average Bonchev–Trinajstić information content (AvgIpc) is 3.07. The van der Waals surface area contributed by atoms with E-state index in [-0.39, 0.29) is 11.7 Å². The van der Waals surface area contributed by atoms with E-state index in [2.05, 4.69) is 5.10 Å². The molecule has 0 radical (unpaired) electrons. The number of benzene rings is 3. The molecule has 4 nitrogen and oxygen atoms in total. The summed E-state index contributed by atoms with van der Waals surface area (Å²) in [7, 11) is 0. The van der Waals surface area contributed by atoms with Gasteiger partial charge in [-0.25, -0.2) is 0 Å². The lowest BCUT2D eigenvalue weighted by molar-refractivity contribution is -0.114. The molecular weight excluding hydrogens is 408 g/mol. The molecule has 0 unspecified atom stereocenters. The van der Waals surface area contributed by atoms with Crippen LogP contribution in [-0.2, 0) is 4.79 Å². The van der Waals surface area contributed by atoms with Gasteiger partial charge >= 0.3 is 0 Å². The number of para-hydroxylation sites is 1. The zero-order valence-electron chi connectivity index (χ0n) is 17.2. The molecule has 1 N–H and O–H groups in total. The molecule has 3 aromatic carbocycles. The molecule has 1 aliphatic rings. The Bertz CT molecular complexity index is 1230. The van der Waals surface area contributed by atoms with Gasteiger partial charge in [0.15, 0.2) is 0 Å². The number of hydrazone groups is 1. The molecule has 1 amide bonds. The second-order valence-electron chi connectivity index (χ2n) is 7.33. The van der Waals surface area contributed by atoms with Crippen LogP contribution in [0.1, 0.15) is 23.6 Å². The fourth-order valence-electron chi connectivity index (χ4n) is 3.45. The van der Waals surface area contributed by atoms with Crippen molar-refractivity contribution in [2.24, 2.45) is 5.10 Å². The number of carbonyl (C=O) groups is 1. The van der Waals surface area contributed by atoms with E-state index in [1.807, 2.05) is 74.5 Å². The first-order valence-electron chi connectivity index (χ1n) is 9.87. The highest BCUT2D eigenvalue weighted by atomic mass is 35.5. The van der Waals surface area contributed by atoms with Crippen LogP contribution in [0.4, 0.5) is 5.69 Å². The van der Waals surface area contributed by atoms with Crippen molar-refractivity contribution in [3.8, 4) is 5.75 Å². The Morgan fingerprint density at radius 3 is 2.42 bits per heavy atom. The monoisotopic (exact) mass is 428 g/mol. The third-order valence-electron chi connectivity index (χ3n) is 5.07. The first-order chi connectivity index (χ1) is 14.9. The first-order valence-corrected chi connectivity index (χ1v) is 10.2. The van der Waals surface area contributed by atoms with Gasteiger partial charge in [-0.15, -0.1) is 0 Å². The maximum atomic E-state index is 13.4. The minimum Gasteiger partial charge on any atom is -0.507 e. The molecule has 0 spiro atoms. The standard InChI is InChI=1S/C26H21ClN2O2/c1-17-8-10-19(11-9-17)23(14-12-20-16-21(27)13-15-24(20)30)25-18(2)28-29(26(25)31)22-6-4-3-5-7-22/h3-16,30H,1-2H3/b14-12+,25-23-. The molecule has 4 rings (SSSR count).